The van der Waals surface area contributed by atoms with Gasteiger partial charge in [0.15, 0.2) is 15.6 Å². The van der Waals surface area contributed by atoms with Gasteiger partial charge in [0.2, 0.25) is 0 Å². The second-order valence-electron chi connectivity index (χ2n) is 4.44. The average molecular weight is 228 g/mol. The van der Waals surface area contributed by atoms with Crippen molar-refractivity contribution in [1.82, 2.24) is 0 Å². The van der Waals surface area contributed by atoms with Crippen LogP contribution < -0.4 is 0 Å². The first kappa shape index (κ1) is 10.9. The van der Waals surface area contributed by atoms with Crippen LogP contribution in [0.1, 0.15) is 32.1 Å². The van der Waals surface area contributed by atoms with Crippen molar-refractivity contribution < 1.29 is 13.2 Å². The van der Waals surface area contributed by atoms with Crippen LogP contribution in [0.25, 0.3) is 0 Å². The Morgan fingerprint density at radius 1 is 1.33 bits per heavy atom. The molecule has 2 aliphatic rings. The second kappa shape index (κ2) is 4.08. The lowest BCUT2D eigenvalue weighted by Gasteiger charge is -2.14. The van der Waals surface area contributed by atoms with Crippen molar-refractivity contribution in [3.8, 4) is 0 Å². The molecule has 0 aromatic carbocycles. The molecule has 84 valence electrons. The number of hydrogen-bond acceptors (Lipinski definition) is 3. The van der Waals surface area contributed by atoms with E-state index in [1.165, 1.54) is 0 Å². The zero-order valence-electron chi connectivity index (χ0n) is 8.74. The molecule has 2 rings (SSSR count). The summed E-state index contributed by atoms with van der Waals surface area (Å²) < 4.78 is 22.5. The van der Waals surface area contributed by atoms with E-state index in [0.717, 1.165) is 31.3 Å². The van der Waals surface area contributed by atoms with E-state index < -0.39 is 9.84 Å². The lowest BCUT2D eigenvalue weighted by atomic mass is 9.90. The minimum Gasteiger partial charge on any atom is -0.294 e. The Balaban J connectivity index is 2.06. The van der Waals surface area contributed by atoms with E-state index in [1.54, 1.807) is 0 Å². The highest BCUT2D eigenvalue weighted by atomic mass is 32.2. The van der Waals surface area contributed by atoms with Gasteiger partial charge in [-0.15, -0.1) is 0 Å². The first-order valence-corrected chi connectivity index (χ1v) is 7.34. The van der Waals surface area contributed by atoms with Gasteiger partial charge < -0.3 is 0 Å². The Kier molecular flexibility index (Phi) is 2.96. The number of Topliss-reactive ketones (excluding diaryl/α,β-unsaturated/α-hetero) is 1. The predicted octanol–water partition coefficient (Wildman–Crippen LogP) is 1.49. The van der Waals surface area contributed by atoms with Crippen molar-refractivity contribution in [1.29, 1.82) is 0 Å². The molecule has 3 nitrogen and oxygen atoms in total. The molecule has 1 atom stereocenters. The fraction of sp³-hybridized carbons (Fsp3) is 0.727. The summed E-state index contributed by atoms with van der Waals surface area (Å²) in [5, 5.41) is 0. The number of hydrogen-bond donors (Lipinski definition) is 0. The van der Waals surface area contributed by atoms with Gasteiger partial charge in [-0.3, -0.25) is 4.79 Å². The minimum absolute atomic E-state index is 0.0726. The lowest BCUT2D eigenvalue weighted by Crippen LogP contribution is -2.19. The zero-order chi connectivity index (χ0) is 10.9. The Hall–Kier alpha value is -0.640. The fourth-order valence-corrected chi connectivity index (χ4v) is 4.07. The molecule has 0 aromatic heterocycles. The van der Waals surface area contributed by atoms with Crippen molar-refractivity contribution in [2.45, 2.75) is 32.1 Å². The molecule has 4 heteroatoms. The summed E-state index contributed by atoms with van der Waals surface area (Å²) in [5.74, 6) is 0.106. The fourth-order valence-electron chi connectivity index (χ4n) is 2.33. The van der Waals surface area contributed by atoms with E-state index in [2.05, 4.69) is 0 Å². The molecule has 1 aliphatic heterocycles. The monoisotopic (exact) mass is 228 g/mol. The van der Waals surface area contributed by atoms with Gasteiger partial charge in [0.1, 0.15) is 0 Å². The molecular formula is C11H16O3S. The van der Waals surface area contributed by atoms with E-state index in [9.17, 15) is 13.2 Å². The highest BCUT2D eigenvalue weighted by Gasteiger charge is 2.34. The molecule has 0 N–H and O–H groups in total. The molecule has 0 bridgehead atoms. The van der Waals surface area contributed by atoms with Crippen molar-refractivity contribution in [2.75, 3.05) is 11.5 Å². The predicted molar refractivity (Wildman–Crippen MR) is 58.3 cm³/mol. The number of ketones is 1. The van der Waals surface area contributed by atoms with Crippen molar-refractivity contribution in [2.24, 2.45) is 5.92 Å². The average Bonchev–Trinajstić information content (AvgIpc) is 2.59. The van der Waals surface area contributed by atoms with E-state index in [1.807, 2.05) is 6.08 Å². The molecule has 1 fully saturated rings. The Bertz CT molecular complexity index is 392. The van der Waals surface area contributed by atoms with Crippen LogP contribution in [0.5, 0.6) is 0 Å². The van der Waals surface area contributed by atoms with Gasteiger partial charge in [-0.1, -0.05) is 6.08 Å². The molecule has 1 aliphatic carbocycles. The summed E-state index contributed by atoms with van der Waals surface area (Å²) in [6, 6.07) is 0. The van der Waals surface area contributed by atoms with E-state index in [-0.39, 0.29) is 23.2 Å². The number of allylic oxidation sites excluding steroid dienone is 2. The van der Waals surface area contributed by atoms with Crippen LogP contribution in [0, 0.1) is 5.92 Å². The van der Waals surface area contributed by atoms with Gasteiger partial charge in [0.05, 0.1) is 11.5 Å². The van der Waals surface area contributed by atoms with Gasteiger partial charge in [-0.05, 0) is 37.7 Å². The van der Waals surface area contributed by atoms with Crippen LogP contribution in [0.2, 0.25) is 0 Å². The summed E-state index contributed by atoms with van der Waals surface area (Å²) in [4.78, 5) is 12.0. The third-order valence-corrected chi connectivity index (χ3v) is 4.98. The smallest absolute Gasteiger partial charge is 0.162 e. The highest BCUT2D eigenvalue weighted by molar-refractivity contribution is 7.91. The van der Waals surface area contributed by atoms with Gasteiger partial charge in [-0.25, -0.2) is 8.42 Å². The van der Waals surface area contributed by atoms with E-state index in [4.69, 9.17) is 0 Å². The minimum atomic E-state index is -2.93. The summed E-state index contributed by atoms with van der Waals surface area (Å²) in [7, 11) is -2.93. The van der Waals surface area contributed by atoms with Crippen molar-refractivity contribution in [3.05, 3.63) is 11.6 Å². The van der Waals surface area contributed by atoms with Gasteiger partial charge in [0, 0.05) is 5.92 Å². The Labute approximate surface area is 90.5 Å². The van der Waals surface area contributed by atoms with Gasteiger partial charge in [-0.2, -0.15) is 0 Å². The molecule has 15 heavy (non-hydrogen) atoms. The SMILES string of the molecule is O=C(C1=CCCCC1)C1CCS(=O)(=O)C1. The maximum absolute atomic E-state index is 12.0. The van der Waals surface area contributed by atoms with Crippen molar-refractivity contribution in [3.63, 3.8) is 0 Å². The Morgan fingerprint density at radius 3 is 2.67 bits per heavy atom. The lowest BCUT2D eigenvalue weighted by molar-refractivity contribution is -0.118. The van der Waals surface area contributed by atoms with Crippen LogP contribution in [0.3, 0.4) is 0 Å². The molecule has 0 radical (unpaired) electrons. The van der Waals surface area contributed by atoms with Crippen LogP contribution in [0.15, 0.2) is 11.6 Å². The third-order valence-electron chi connectivity index (χ3n) is 3.21. The summed E-state index contributed by atoms with van der Waals surface area (Å²) in [6.45, 7) is 0. The van der Waals surface area contributed by atoms with Crippen molar-refractivity contribution >= 4 is 15.6 Å². The number of sulfone groups is 1. The normalized spacial score (nSPS) is 29.9. The number of carbonyl (C=O) groups is 1. The van der Waals surface area contributed by atoms with E-state index in [0.29, 0.717) is 6.42 Å². The summed E-state index contributed by atoms with van der Waals surface area (Å²) >= 11 is 0. The molecule has 0 amide bonds. The van der Waals surface area contributed by atoms with E-state index >= 15 is 0 Å². The largest absolute Gasteiger partial charge is 0.294 e. The molecule has 1 heterocycles. The topological polar surface area (TPSA) is 51.2 Å². The molecule has 0 saturated carbocycles. The van der Waals surface area contributed by atoms with Gasteiger partial charge in [0.25, 0.3) is 0 Å². The molecule has 1 saturated heterocycles. The first-order valence-electron chi connectivity index (χ1n) is 5.52. The standard InChI is InChI=1S/C11H16O3S/c12-11(9-4-2-1-3-5-9)10-6-7-15(13,14)8-10/h4,10H,1-3,5-8H2. The summed E-state index contributed by atoms with van der Waals surface area (Å²) in [5.41, 5.74) is 0.878. The summed E-state index contributed by atoms with van der Waals surface area (Å²) in [6.07, 6.45) is 6.56. The number of rotatable bonds is 2. The molecular weight excluding hydrogens is 212 g/mol. The van der Waals surface area contributed by atoms with Gasteiger partial charge >= 0.3 is 0 Å². The van der Waals surface area contributed by atoms with Crippen LogP contribution in [0.4, 0.5) is 0 Å². The van der Waals surface area contributed by atoms with Crippen LogP contribution in [-0.2, 0) is 14.6 Å². The molecule has 0 aromatic rings. The van der Waals surface area contributed by atoms with Crippen LogP contribution >= 0.6 is 0 Å². The maximum atomic E-state index is 12.0. The quantitative estimate of drug-likeness (QED) is 0.719. The third kappa shape index (κ3) is 2.48. The first-order chi connectivity index (χ1) is 7.08. The number of carbonyl (C=O) groups excluding carboxylic acids is 1. The highest BCUT2D eigenvalue weighted by Crippen LogP contribution is 2.26. The maximum Gasteiger partial charge on any atom is 0.162 e. The molecule has 0 spiro atoms. The zero-order valence-corrected chi connectivity index (χ0v) is 9.55. The molecule has 1 unspecified atom stereocenters. The van der Waals surface area contributed by atoms with Crippen LogP contribution in [-0.4, -0.2) is 25.7 Å². The Morgan fingerprint density at radius 2 is 2.13 bits per heavy atom. The second-order valence-corrected chi connectivity index (χ2v) is 6.67.